The van der Waals surface area contributed by atoms with Crippen molar-refractivity contribution in [1.29, 1.82) is 0 Å². The number of carbonyl (C=O) groups is 11. The summed E-state index contributed by atoms with van der Waals surface area (Å²) >= 11 is 0. The van der Waals surface area contributed by atoms with E-state index >= 15 is 0 Å². The molecular formula is C34H47N7O15. The van der Waals surface area contributed by atoms with E-state index < -0.39 is 127 Å². The van der Waals surface area contributed by atoms with Crippen molar-refractivity contribution in [3.63, 3.8) is 0 Å². The zero-order valence-electron chi connectivity index (χ0n) is 31.0. The summed E-state index contributed by atoms with van der Waals surface area (Å²) in [4.78, 5) is 135. The molecule has 0 aromatic heterocycles. The summed E-state index contributed by atoms with van der Waals surface area (Å²) in [6.07, 6.45) is -3.47. The highest BCUT2D eigenvalue weighted by Gasteiger charge is 2.34. The molecule has 1 rings (SSSR count). The number of hydrogen-bond acceptors (Lipinski definition) is 11. The molecule has 0 fully saturated rings. The Morgan fingerprint density at radius 3 is 1.48 bits per heavy atom. The molecular weight excluding hydrogens is 746 g/mol. The molecule has 1 aromatic rings. The van der Waals surface area contributed by atoms with Crippen LogP contribution in [0, 0.1) is 5.92 Å². The molecule has 0 radical (unpaired) electrons. The standard InChI is InChI=1S/C34H47N7O15/c1-15(2)11-21(28(35)49)39-32(53)22(12-18-5-7-19(8-6-18)34(55)56)41-30(51)20(9-10-25(43)44)38-33(54)24(14-27(47)48)40-29(50)16(3)36-31(52)23(13-26(45)46)37-17(4)42/h5-8,15-16,20-24H,9-14H2,1-4H3,(H2,35,49)(H,36,52)(H,37,42)(H,38,54)(H,39,53)(H,40,50)(H,41,51)(H,43,44)(H,45,46)(H,47,48)(H,55,56)/t16-,20-,21-,22-,23-,24-/m0/s1. The molecule has 56 heavy (non-hydrogen) atoms. The van der Waals surface area contributed by atoms with Crippen LogP contribution in [0.25, 0.3) is 0 Å². The van der Waals surface area contributed by atoms with E-state index in [1.54, 1.807) is 13.8 Å². The number of carboxylic acids is 4. The molecule has 22 heteroatoms. The molecule has 6 atom stereocenters. The fourth-order valence-electron chi connectivity index (χ4n) is 4.99. The number of primary amides is 1. The van der Waals surface area contributed by atoms with Gasteiger partial charge in [-0.15, -0.1) is 0 Å². The average molecular weight is 794 g/mol. The number of benzene rings is 1. The number of rotatable bonds is 24. The van der Waals surface area contributed by atoms with Crippen molar-refractivity contribution in [2.75, 3.05) is 0 Å². The monoisotopic (exact) mass is 793 g/mol. The summed E-state index contributed by atoms with van der Waals surface area (Å²) in [6.45, 7) is 5.62. The second-order valence-corrected chi connectivity index (χ2v) is 13.1. The van der Waals surface area contributed by atoms with E-state index in [4.69, 9.17) is 10.8 Å². The predicted octanol–water partition coefficient (Wildman–Crippen LogP) is -2.78. The minimum Gasteiger partial charge on any atom is -0.481 e. The van der Waals surface area contributed by atoms with Crippen LogP contribution < -0.4 is 37.6 Å². The molecule has 12 N–H and O–H groups in total. The molecule has 0 aliphatic heterocycles. The highest BCUT2D eigenvalue weighted by molar-refractivity contribution is 5.98. The van der Waals surface area contributed by atoms with Gasteiger partial charge in [0.2, 0.25) is 41.4 Å². The van der Waals surface area contributed by atoms with E-state index in [1.165, 1.54) is 24.3 Å². The summed E-state index contributed by atoms with van der Waals surface area (Å²) in [5.41, 5.74) is 5.70. The van der Waals surface area contributed by atoms with Gasteiger partial charge in [-0.3, -0.25) is 47.9 Å². The Morgan fingerprint density at radius 1 is 0.571 bits per heavy atom. The van der Waals surface area contributed by atoms with Gasteiger partial charge in [-0.25, -0.2) is 4.79 Å². The predicted molar refractivity (Wildman–Crippen MR) is 190 cm³/mol. The highest BCUT2D eigenvalue weighted by Crippen LogP contribution is 2.11. The number of hydrogen-bond donors (Lipinski definition) is 11. The first-order valence-corrected chi connectivity index (χ1v) is 17.1. The van der Waals surface area contributed by atoms with Crippen molar-refractivity contribution < 1.29 is 73.2 Å². The lowest BCUT2D eigenvalue weighted by atomic mass is 10.00. The third-order valence-corrected chi connectivity index (χ3v) is 7.76. The van der Waals surface area contributed by atoms with E-state index in [1.807, 2.05) is 0 Å². The SMILES string of the molecule is CC(=O)N[C@@H](CC(=O)O)C(=O)N[C@@H](C)C(=O)N[C@@H](CC(=O)O)C(=O)N[C@@H](CCC(=O)O)C(=O)N[C@@H](Cc1ccc(C(=O)O)cc1)C(=O)N[C@@H](CC(C)C)C(N)=O. The van der Waals surface area contributed by atoms with E-state index in [2.05, 4.69) is 31.9 Å². The van der Waals surface area contributed by atoms with Gasteiger partial charge < -0.3 is 58.1 Å². The maximum Gasteiger partial charge on any atom is 0.335 e. The molecule has 0 aliphatic carbocycles. The van der Waals surface area contributed by atoms with Gasteiger partial charge in [-0.05, 0) is 43.4 Å². The number of amides is 7. The van der Waals surface area contributed by atoms with E-state index in [9.17, 15) is 68.1 Å². The first-order valence-electron chi connectivity index (χ1n) is 17.1. The van der Waals surface area contributed by atoms with Gasteiger partial charge in [0.1, 0.15) is 36.3 Å². The van der Waals surface area contributed by atoms with E-state index in [0.29, 0.717) is 5.56 Å². The molecule has 0 unspecified atom stereocenters. The lowest BCUT2D eigenvalue weighted by molar-refractivity contribution is -0.141. The lowest BCUT2D eigenvalue weighted by Crippen LogP contribution is -2.60. The second kappa shape index (κ2) is 22.6. The molecule has 0 saturated heterocycles. The Hall–Kier alpha value is -6.61. The van der Waals surface area contributed by atoms with E-state index in [0.717, 1.165) is 13.8 Å². The fraction of sp³-hybridized carbons (Fsp3) is 0.500. The maximum absolute atomic E-state index is 13.7. The number of carboxylic acid groups (broad SMARTS) is 4. The van der Waals surface area contributed by atoms with Crippen LogP contribution in [-0.4, -0.2) is 122 Å². The van der Waals surface area contributed by atoms with Crippen molar-refractivity contribution in [3.05, 3.63) is 35.4 Å². The Labute approximate surface area is 319 Å². The third-order valence-electron chi connectivity index (χ3n) is 7.76. The van der Waals surface area contributed by atoms with Crippen LogP contribution in [0.3, 0.4) is 0 Å². The number of nitrogens with one attached hydrogen (secondary N) is 6. The maximum atomic E-state index is 13.7. The van der Waals surface area contributed by atoms with Crippen molar-refractivity contribution in [2.45, 2.75) is 102 Å². The van der Waals surface area contributed by atoms with Crippen LogP contribution in [0.1, 0.15) is 75.7 Å². The van der Waals surface area contributed by atoms with Gasteiger partial charge in [-0.2, -0.15) is 0 Å². The minimum atomic E-state index is -1.94. The Balaban J connectivity index is 3.38. The molecule has 308 valence electrons. The fourth-order valence-corrected chi connectivity index (χ4v) is 4.99. The molecule has 7 amide bonds. The lowest BCUT2D eigenvalue weighted by Gasteiger charge is -2.27. The van der Waals surface area contributed by atoms with Gasteiger partial charge in [0.15, 0.2) is 0 Å². The third kappa shape index (κ3) is 17.5. The first kappa shape index (κ1) is 47.4. The summed E-state index contributed by atoms with van der Waals surface area (Å²) in [5.74, 6) is -13.1. The Bertz CT molecular complexity index is 1650. The molecule has 22 nitrogen and oxygen atoms in total. The largest absolute Gasteiger partial charge is 0.481 e. The number of nitrogens with two attached hydrogens (primary N) is 1. The Kier molecular flexibility index (Phi) is 19.1. The average Bonchev–Trinajstić information content (AvgIpc) is 3.07. The molecule has 0 spiro atoms. The zero-order valence-corrected chi connectivity index (χ0v) is 31.0. The molecule has 0 saturated carbocycles. The second-order valence-electron chi connectivity index (χ2n) is 13.1. The highest BCUT2D eigenvalue weighted by atomic mass is 16.4. The van der Waals surface area contributed by atoms with Crippen LogP contribution in [0.5, 0.6) is 0 Å². The van der Waals surface area contributed by atoms with Gasteiger partial charge in [-0.1, -0.05) is 26.0 Å². The number of aliphatic carboxylic acids is 3. The van der Waals surface area contributed by atoms with Gasteiger partial charge >= 0.3 is 23.9 Å². The van der Waals surface area contributed by atoms with Gasteiger partial charge in [0.25, 0.3) is 0 Å². The molecule has 0 aliphatic rings. The summed E-state index contributed by atoms with van der Waals surface area (Å²) < 4.78 is 0. The van der Waals surface area contributed by atoms with Crippen LogP contribution >= 0.6 is 0 Å². The summed E-state index contributed by atoms with van der Waals surface area (Å²) in [6, 6.07) is -4.38. The van der Waals surface area contributed by atoms with Crippen molar-refractivity contribution in [3.8, 4) is 0 Å². The molecule has 0 bridgehead atoms. The smallest absolute Gasteiger partial charge is 0.335 e. The summed E-state index contributed by atoms with van der Waals surface area (Å²) in [7, 11) is 0. The van der Waals surface area contributed by atoms with Crippen LogP contribution in [0.4, 0.5) is 0 Å². The number of aromatic carboxylic acids is 1. The minimum absolute atomic E-state index is 0.0897. The van der Waals surface area contributed by atoms with Crippen LogP contribution in [0.2, 0.25) is 0 Å². The molecule has 0 heterocycles. The first-order chi connectivity index (χ1) is 26.0. The van der Waals surface area contributed by atoms with Crippen LogP contribution in [-0.2, 0) is 54.4 Å². The normalized spacial score (nSPS) is 13.9. The van der Waals surface area contributed by atoms with Gasteiger partial charge in [0, 0.05) is 19.8 Å². The zero-order chi connectivity index (χ0) is 42.9. The quantitative estimate of drug-likeness (QED) is 0.0504. The Morgan fingerprint density at radius 2 is 1.02 bits per heavy atom. The van der Waals surface area contributed by atoms with Gasteiger partial charge in [0.05, 0.1) is 18.4 Å². The van der Waals surface area contributed by atoms with E-state index in [-0.39, 0.29) is 24.3 Å². The van der Waals surface area contributed by atoms with Crippen LogP contribution in [0.15, 0.2) is 24.3 Å². The van der Waals surface area contributed by atoms with Crippen molar-refractivity contribution in [1.82, 2.24) is 31.9 Å². The van der Waals surface area contributed by atoms with Crippen molar-refractivity contribution in [2.24, 2.45) is 11.7 Å². The topological polar surface area (TPSA) is 367 Å². The van der Waals surface area contributed by atoms with Crippen molar-refractivity contribution >= 4 is 65.2 Å². The molecule has 1 aromatic carbocycles. The summed E-state index contributed by atoms with van der Waals surface area (Å²) in [5, 5.41) is 50.4. The number of carbonyl (C=O) groups excluding carboxylic acids is 7.